The van der Waals surface area contributed by atoms with Gasteiger partial charge in [-0.2, -0.15) is 0 Å². The highest BCUT2D eigenvalue weighted by Gasteiger charge is 2.08. The fraction of sp³-hybridized carbons (Fsp3) is 0.333. The van der Waals surface area contributed by atoms with E-state index in [1.807, 2.05) is 30.3 Å². The number of aliphatic hydroxyl groups is 1. The standard InChI is InChI=1S/C18H23NO3/c1-21-17-5-3-4-16(18(17)22-2)12-19-11-10-14-6-8-15(13-20)9-7-14/h3-9,19-20H,10-13H2,1-2H3. The summed E-state index contributed by atoms with van der Waals surface area (Å²) in [6.07, 6.45) is 0.942. The van der Waals surface area contributed by atoms with Gasteiger partial charge in [0.15, 0.2) is 11.5 Å². The van der Waals surface area contributed by atoms with Crippen molar-refractivity contribution in [2.45, 2.75) is 19.6 Å². The number of ether oxygens (including phenoxy) is 2. The first-order valence-electron chi connectivity index (χ1n) is 7.37. The summed E-state index contributed by atoms with van der Waals surface area (Å²) in [7, 11) is 3.30. The van der Waals surface area contributed by atoms with Gasteiger partial charge < -0.3 is 19.9 Å². The van der Waals surface area contributed by atoms with Gasteiger partial charge in [0.25, 0.3) is 0 Å². The molecule has 2 aromatic carbocycles. The van der Waals surface area contributed by atoms with Crippen LogP contribution >= 0.6 is 0 Å². The molecule has 4 heteroatoms. The molecule has 22 heavy (non-hydrogen) atoms. The zero-order chi connectivity index (χ0) is 15.8. The fourth-order valence-electron chi connectivity index (χ4n) is 2.36. The molecule has 0 unspecified atom stereocenters. The van der Waals surface area contributed by atoms with Gasteiger partial charge in [-0.25, -0.2) is 0 Å². The van der Waals surface area contributed by atoms with Crippen LogP contribution < -0.4 is 14.8 Å². The van der Waals surface area contributed by atoms with Gasteiger partial charge in [-0.1, -0.05) is 36.4 Å². The molecule has 0 heterocycles. The van der Waals surface area contributed by atoms with Crippen molar-refractivity contribution in [2.24, 2.45) is 0 Å². The number of methoxy groups -OCH3 is 2. The number of hydrogen-bond acceptors (Lipinski definition) is 4. The van der Waals surface area contributed by atoms with E-state index >= 15 is 0 Å². The Morgan fingerprint density at radius 3 is 2.32 bits per heavy atom. The van der Waals surface area contributed by atoms with E-state index in [1.54, 1.807) is 14.2 Å². The first kappa shape index (κ1) is 16.3. The minimum absolute atomic E-state index is 0.0914. The van der Waals surface area contributed by atoms with Crippen molar-refractivity contribution in [3.05, 3.63) is 59.2 Å². The topological polar surface area (TPSA) is 50.7 Å². The Kier molecular flexibility index (Phi) is 6.25. The van der Waals surface area contributed by atoms with Crippen LogP contribution in [0.5, 0.6) is 11.5 Å². The number of rotatable bonds is 8. The van der Waals surface area contributed by atoms with Crippen LogP contribution in [0.2, 0.25) is 0 Å². The molecule has 0 bridgehead atoms. The predicted octanol–water partition coefficient (Wildman–Crippen LogP) is 2.53. The summed E-state index contributed by atoms with van der Waals surface area (Å²) in [4.78, 5) is 0. The van der Waals surface area contributed by atoms with E-state index in [2.05, 4.69) is 17.4 Å². The number of para-hydroxylation sites is 1. The molecule has 0 aliphatic heterocycles. The summed E-state index contributed by atoms with van der Waals surface area (Å²) >= 11 is 0. The van der Waals surface area contributed by atoms with Gasteiger partial charge >= 0.3 is 0 Å². The molecule has 0 spiro atoms. The number of nitrogens with one attached hydrogen (secondary N) is 1. The van der Waals surface area contributed by atoms with Crippen molar-refractivity contribution < 1.29 is 14.6 Å². The summed E-state index contributed by atoms with van der Waals surface area (Å²) < 4.78 is 10.7. The summed E-state index contributed by atoms with van der Waals surface area (Å²) in [6, 6.07) is 13.9. The third kappa shape index (κ3) is 4.23. The average Bonchev–Trinajstić information content (AvgIpc) is 2.58. The minimum Gasteiger partial charge on any atom is -0.493 e. The highest BCUT2D eigenvalue weighted by Crippen LogP contribution is 2.30. The van der Waals surface area contributed by atoms with Crippen LogP contribution in [0, 0.1) is 0 Å². The van der Waals surface area contributed by atoms with Crippen molar-refractivity contribution in [3.63, 3.8) is 0 Å². The van der Waals surface area contributed by atoms with E-state index in [4.69, 9.17) is 14.6 Å². The van der Waals surface area contributed by atoms with Crippen LogP contribution in [-0.2, 0) is 19.6 Å². The van der Waals surface area contributed by atoms with E-state index in [0.29, 0.717) is 0 Å². The number of benzene rings is 2. The van der Waals surface area contributed by atoms with Crippen LogP contribution in [0.25, 0.3) is 0 Å². The lowest BCUT2D eigenvalue weighted by Gasteiger charge is -2.13. The van der Waals surface area contributed by atoms with Crippen LogP contribution in [-0.4, -0.2) is 25.9 Å². The summed E-state index contributed by atoms with van der Waals surface area (Å²) in [6.45, 7) is 1.70. The molecule has 0 aliphatic rings. The molecule has 2 N–H and O–H groups in total. The molecule has 0 amide bonds. The number of hydrogen-bond donors (Lipinski definition) is 2. The Balaban J connectivity index is 1.86. The Morgan fingerprint density at radius 2 is 1.68 bits per heavy atom. The smallest absolute Gasteiger partial charge is 0.165 e. The van der Waals surface area contributed by atoms with E-state index in [0.717, 1.165) is 42.1 Å². The Morgan fingerprint density at radius 1 is 0.955 bits per heavy atom. The van der Waals surface area contributed by atoms with Gasteiger partial charge in [0, 0.05) is 12.1 Å². The molecule has 0 aliphatic carbocycles. The van der Waals surface area contributed by atoms with Gasteiger partial charge in [0.2, 0.25) is 0 Å². The molecule has 2 aromatic rings. The third-order valence-corrected chi connectivity index (χ3v) is 3.60. The fourth-order valence-corrected chi connectivity index (χ4v) is 2.36. The maximum Gasteiger partial charge on any atom is 0.165 e. The first-order chi connectivity index (χ1) is 10.8. The average molecular weight is 301 g/mol. The minimum atomic E-state index is 0.0914. The van der Waals surface area contributed by atoms with Gasteiger partial charge in [-0.15, -0.1) is 0 Å². The largest absolute Gasteiger partial charge is 0.493 e. The quantitative estimate of drug-likeness (QED) is 0.736. The van der Waals surface area contributed by atoms with Crippen molar-refractivity contribution in [2.75, 3.05) is 20.8 Å². The maximum absolute atomic E-state index is 9.03. The van der Waals surface area contributed by atoms with Gasteiger partial charge in [-0.3, -0.25) is 0 Å². The third-order valence-electron chi connectivity index (χ3n) is 3.60. The molecule has 0 aromatic heterocycles. The van der Waals surface area contributed by atoms with Crippen LogP contribution in [0.3, 0.4) is 0 Å². The van der Waals surface area contributed by atoms with Crippen molar-refractivity contribution >= 4 is 0 Å². The molecular formula is C18H23NO3. The lowest BCUT2D eigenvalue weighted by Crippen LogP contribution is -2.17. The van der Waals surface area contributed by atoms with E-state index in [1.165, 1.54) is 5.56 Å². The van der Waals surface area contributed by atoms with Crippen LogP contribution in [0.15, 0.2) is 42.5 Å². The molecule has 118 valence electrons. The van der Waals surface area contributed by atoms with Crippen LogP contribution in [0.1, 0.15) is 16.7 Å². The second-order valence-electron chi connectivity index (χ2n) is 5.05. The van der Waals surface area contributed by atoms with Gasteiger partial charge in [0.1, 0.15) is 0 Å². The van der Waals surface area contributed by atoms with Crippen LogP contribution in [0.4, 0.5) is 0 Å². The molecule has 0 radical (unpaired) electrons. The van der Waals surface area contributed by atoms with E-state index in [9.17, 15) is 0 Å². The Labute approximate surface area is 131 Å². The van der Waals surface area contributed by atoms with Gasteiger partial charge in [-0.05, 0) is 30.2 Å². The second-order valence-corrected chi connectivity index (χ2v) is 5.05. The monoisotopic (exact) mass is 301 g/mol. The van der Waals surface area contributed by atoms with E-state index < -0.39 is 0 Å². The molecule has 0 saturated carbocycles. The van der Waals surface area contributed by atoms with Crippen molar-refractivity contribution in [1.82, 2.24) is 5.32 Å². The van der Waals surface area contributed by atoms with E-state index in [-0.39, 0.29) is 6.61 Å². The molecule has 2 rings (SSSR count). The molecule has 0 saturated heterocycles. The highest BCUT2D eigenvalue weighted by atomic mass is 16.5. The second kappa shape index (κ2) is 8.41. The summed E-state index contributed by atoms with van der Waals surface area (Å²) in [5.41, 5.74) is 3.28. The SMILES string of the molecule is COc1cccc(CNCCc2ccc(CO)cc2)c1OC. The normalized spacial score (nSPS) is 10.5. The highest BCUT2D eigenvalue weighted by molar-refractivity contribution is 5.46. The zero-order valence-electron chi connectivity index (χ0n) is 13.1. The molecule has 0 atom stereocenters. The predicted molar refractivity (Wildman–Crippen MR) is 87.3 cm³/mol. The van der Waals surface area contributed by atoms with Crippen molar-refractivity contribution in [1.29, 1.82) is 0 Å². The lowest BCUT2D eigenvalue weighted by atomic mass is 10.1. The number of aliphatic hydroxyl groups excluding tert-OH is 1. The first-order valence-corrected chi connectivity index (χ1v) is 7.37. The maximum atomic E-state index is 9.03. The lowest BCUT2D eigenvalue weighted by molar-refractivity contribution is 0.282. The molecule has 0 fully saturated rings. The summed E-state index contributed by atoms with van der Waals surface area (Å²) in [5, 5.41) is 12.4. The van der Waals surface area contributed by atoms with Crippen molar-refractivity contribution in [3.8, 4) is 11.5 Å². The Bertz CT molecular complexity index is 581. The molecular weight excluding hydrogens is 278 g/mol. The summed E-state index contributed by atoms with van der Waals surface area (Å²) in [5.74, 6) is 1.53. The molecule has 4 nitrogen and oxygen atoms in total. The Hall–Kier alpha value is -2.04. The van der Waals surface area contributed by atoms with Gasteiger partial charge in [0.05, 0.1) is 20.8 Å². The zero-order valence-corrected chi connectivity index (χ0v) is 13.1.